The number of sulfone groups is 1. The Bertz CT molecular complexity index is 798. The normalized spacial score (nSPS) is 20.3. The summed E-state index contributed by atoms with van der Waals surface area (Å²) in [7, 11) is -3.17. The van der Waals surface area contributed by atoms with E-state index in [4.69, 9.17) is 4.74 Å². The molecule has 1 aromatic heterocycles. The van der Waals surface area contributed by atoms with Crippen molar-refractivity contribution < 1.29 is 22.7 Å². The minimum Gasteiger partial charge on any atom is -0.370 e. The molecule has 0 saturated heterocycles. The van der Waals surface area contributed by atoms with Gasteiger partial charge in [0.15, 0.2) is 5.69 Å². The first-order valence-corrected chi connectivity index (χ1v) is 11.3. The van der Waals surface area contributed by atoms with Crippen LogP contribution in [0.1, 0.15) is 53.8 Å². The summed E-state index contributed by atoms with van der Waals surface area (Å²) in [5.41, 5.74) is 2.01. The van der Waals surface area contributed by atoms with Crippen molar-refractivity contribution in [3.05, 3.63) is 17.0 Å². The van der Waals surface area contributed by atoms with Crippen molar-refractivity contribution in [3.8, 4) is 0 Å². The van der Waals surface area contributed by atoms with Gasteiger partial charge in [-0.15, -0.1) is 0 Å². The zero-order valence-corrected chi connectivity index (χ0v) is 16.2. The van der Waals surface area contributed by atoms with Crippen molar-refractivity contribution in [3.63, 3.8) is 0 Å². The quantitative estimate of drug-likeness (QED) is 0.596. The van der Waals surface area contributed by atoms with Gasteiger partial charge in [-0.2, -0.15) is 5.10 Å². The number of nitrogens with one attached hydrogen (secondary N) is 3. The minimum absolute atomic E-state index is 0.0719. The monoisotopic (exact) mass is 398 g/mol. The Kier molecular flexibility index (Phi) is 6.15. The summed E-state index contributed by atoms with van der Waals surface area (Å²) in [4.78, 5) is 24.3. The number of aromatic amines is 1. The maximum atomic E-state index is 12.5. The van der Waals surface area contributed by atoms with E-state index in [1.54, 1.807) is 0 Å². The van der Waals surface area contributed by atoms with E-state index in [1.807, 2.05) is 0 Å². The number of rotatable bonds is 7. The summed E-state index contributed by atoms with van der Waals surface area (Å²) < 4.78 is 27.9. The molecule has 1 aliphatic heterocycles. The molecule has 2 amide bonds. The molecule has 1 aliphatic carbocycles. The van der Waals surface area contributed by atoms with Gasteiger partial charge < -0.3 is 15.4 Å². The number of hydrogen-bond acceptors (Lipinski definition) is 6. The predicted molar refractivity (Wildman–Crippen MR) is 97.9 cm³/mol. The largest absolute Gasteiger partial charge is 0.370 e. The molecule has 9 nitrogen and oxygen atoms in total. The van der Waals surface area contributed by atoms with E-state index in [9.17, 15) is 18.0 Å². The van der Waals surface area contributed by atoms with Crippen LogP contribution in [0.5, 0.6) is 0 Å². The van der Waals surface area contributed by atoms with Crippen LogP contribution < -0.4 is 10.6 Å². The molecule has 1 fully saturated rings. The van der Waals surface area contributed by atoms with E-state index in [1.165, 1.54) is 0 Å². The SMILES string of the molecule is CS(=O)(=O)CCC(=O)NCC1Cc2c(C(=O)NC3CCCC3)n[nH]c2CO1. The van der Waals surface area contributed by atoms with Crippen LogP contribution in [0, 0.1) is 0 Å². The van der Waals surface area contributed by atoms with Crippen molar-refractivity contribution in [2.45, 2.75) is 57.3 Å². The maximum Gasteiger partial charge on any atom is 0.272 e. The number of fused-ring (bicyclic) bond motifs is 1. The molecule has 3 N–H and O–H groups in total. The maximum absolute atomic E-state index is 12.5. The second kappa shape index (κ2) is 8.39. The highest BCUT2D eigenvalue weighted by atomic mass is 32.2. The topological polar surface area (TPSA) is 130 Å². The van der Waals surface area contributed by atoms with E-state index >= 15 is 0 Å². The fraction of sp³-hybridized carbons (Fsp3) is 0.706. The second-order valence-corrected chi connectivity index (χ2v) is 9.57. The molecule has 2 aliphatic rings. The Morgan fingerprint density at radius 1 is 1.30 bits per heavy atom. The third-order valence-corrected chi connectivity index (χ3v) is 5.93. The number of nitrogens with zero attached hydrogens (tertiary/aromatic N) is 1. The van der Waals surface area contributed by atoms with Gasteiger partial charge in [0.25, 0.3) is 5.91 Å². The van der Waals surface area contributed by atoms with Gasteiger partial charge in [0.2, 0.25) is 5.91 Å². The number of aromatic nitrogens is 2. The molecular weight excluding hydrogens is 372 g/mol. The lowest BCUT2D eigenvalue weighted by Gasteiger charge is -2.23. The van der Waals surface area contributed by atoms with E-state index < -0.39 is 9.84 Å². The molecule has 0 bridgehead atoms. The van der Waals surface area contributed by atoms with E-state index in [0.717, 1.165) is 43.2 Å². The third-order valence-electron chi connectivity index (χ3n) is 4.98. The Morgan fingerprint density at radius 3 is 2.74 bits per heavy atom. The third kappa shape index (κ3) is 5.52. The summed E-state index contributed by atoms with van der Waals surface area (Å²) in [5.74, 6) is -0.680. The Morgan fingerprint density at radius 2 is 2.04 bits per heavy atom. The van der Waals surface area contributed by atoms with Gasteiger partial charge in [-0.3, -0.25) is 14.7 Å². The van der Waals surface area contributed by atoms with E-state index in [0.29, 0.717) is 18.7 Å². The number of carbonyl (C=O) groups excluding carboxylic acids is 2. The molecule has 0 radical (unpaired) electrons. The average molecular weight is 398 g/mol. The van der Waals surface area contributed by atoms with E-state index in [2.05, 4.69) is 20.8 Å². The fourth-order valence-electron chi connectivity index (χ4n) is 3.47. The molecule has 1 unspecified atom stereocenters. The predicted octanol–water partition coefficient (Wildman–Crippen LogP) is 0.0743. The fourth-order valence-corrected chi connectivity index (χ4v) is 4.02. The van der Waals surface area contributed by atoms with Crippen LogP contribution in [-0.2, 0) is 32.4 Å². The Hall–Kier alpha value is -1.94. The van der Waals surface area contributed by atoms with Crippen molar-refractivity contribution in [2.75, 3.05) is 18.6 Å². The lowest BCUT2D eigenvalue weighted by atomic mass is 10.0. The second-order valence-electron chi connectivity index (χ2n) is 7.31. The molecule has 0 spiro atoms. The van der Waals surface area contributed by atoms with Crippen LogP contribution in [0.25, 0.3) is 0 Å². The van der Waals surface area contributed by atoms with Crippen molar-refractivity contribution in [2.24, 2.45) is 0 Å². The van der Waals surface area contributed by atoms with Crippen molar-refractivity contribution in [1.82, 2.24) is 20.8 Å². The van der Waals surface area contributed by atoms with Gasteiger partial charge >= 0.3 is 0 Å². The molecule has 2 heterocycles. The van der Waals surface area contributed by atoms with Gasteiger partial charge in [0.05, 0.1) is 24.2 Å². The van der Waals surface area contributed by atoms with Crippen LogP contribution in [0.2, 0.25) is 0 Å². The van der Waals surface area contributed by atoms with Crippen LogP contribution in [0.3, 0.4) is 0 Å². The smallest absolute Gasteiger partial charge is 0.272 e. The van der Waals surface area contributed by atoms with Gasteiger partial charge in [-0.25, -0.2) is 8.42 Å². The molecule has 150 valence electrons. The summed E-state index contributed by atoms with van der Waals surface area (Å²) in [6.07, 6.45) is 5.49. The van der Waals surface area contributed by atoms with Crippen molar-refractivity contribution >= 4 is 21.7 Å². The number of amides is 2. The lowest BCUT2D eigenvalue weighted by molar-refractivity contribution is -0.121. The summed E-state index contributed by atoms with van der Waals surface area (Å²) in [5, 5.41) is 12.8. The summed E-state index contributed by atoms with van der Waals surface area (Å²) in [6.45, 7) is 0.555. The van der Waals surface area contributed by atoms with Gasteiger partial charge in [0, 0.05) is 37.2 Å². The molecule has 1 aromatic rings. The molecular formula is C17H26N4O5S. The molecule has 10 heteroatoms. The first-order valence-electron chi connectivity index (χ1n) is 9.25. The minimum atomic E-state index is -3.17. The number of carbonyl (C=O) groups is 2. The molecule has 1 saturated carbocycles. The highest BCUT2D eigenvalue weighted by Gasteiger charge is 2.29. The standard InChI is InChI=1S/C17H26N4O5S/c1-27(24,25)7-6-15(22)18-9-12-8-13-14(10-26-12)20-21-16(13)17(23)19-11-4-2-3-5-11/h11-12H,2-10H2,1H3,(H,18,22)(H,19,23)(H,20,21). The zero-order chi connectivity index (χ0) is 19.4. The highest BCUT2D eigenvalue weighted by Crippen LogP contribution is 2.23. The van der Waals surface area contributed by atoms with Crippen LogP contribution in [-0.4, -0.2) is 61.1 Å². The van der Waals surface area contributed by atoms with Crippen LogP contribution >= 0.6 is 0 Å². The number of hydrogen-bond donors (Lipinski definition) is 3. The molecule has 0 aromatic carbocycles. The average Bonchev–Trinajstić information content (AvgIpc) is 3.26. The number of ether oxygens (including phenoxy) is 1. The van der Waals surface area contributed by atoms with Crippen molar-refractivity contribution in [1.29, 1.82) is 0 Å². The molecule has 1 atom stereocenters. The number of H-pyrrole nitrogens is 1. The Balaban J connectivity index is 1.53. The van der Waals surface area contributed by atoms with E-state index in [-0.39, 0.29) is 42.7 Å². The van der Waals surface area contributed by atoms with Gasteiger partial charge in [-0.1, -0.05) is 12.8 Å². The Labute approximate surface area is 158 Å². The first kappa shape index (κ1) is 19.8. The van der Waals surface area contributed by atoms with Gasteiger partial charge in [-0.05, 0) is 12.8 Å². The van der Waals surface area contributed by atoms with Crippen LogP contribution in [0.15, 0.2) is 0 Å². The summed E-state index contributed by atoms with van der Waals surface area (Å²) in [6, 6.07) is 0.217. The first-order chi connectivity index (χ1) is 12.8. The highest BCUT2D eigenvalue weighted by molar-refractivity contribution is 7.90. The van der Waals surface area contributed by atoms with Gasteiger partial charge in [0.1, 0.15) is 9.84 Å². The zero-order valence-electron chi connectivity index (χ0n) is 15.4. The molecule has 27 heavy (non-hydrogen) atoms. The van der Waals surface area contributed by atoms with Crippen LogP contribution in [0.4, 0.5) is 0 Å². The lowest BCUT2D eigenvalue weighted by Crippen LogP contribution is -2.38. The molecule has 3 rings (SSSR count). The summed E-state index contributed by atoms with van der Waals surface area (Å²) >= 11 is 0.